The number of carbonyl (C=O) groups is 4. The van der Waals surface area contributed by atoms with Crippen LogP contribution in [0.1, 0.15) is 54.4 Å². The first-order valence-electron chi connectivity index (χ1n) is 11.9. The van der Waals surface area contributed by atoms with Gasteiger partial charge in [-0.05, 0) is 40.5 Å². The summed E-state index contributed by atoms with van der Waals surface area (Å²) in [6.07, 6.45) is 0.0997. The fourth-order valence-electron chi connectivity index (χ4n) is 3.96. The largest absolute Gasteiger partial charge is 0.450 e. The van der Waals surface area contributed by atoms with Gasteiger partial charge in [-0.3, -0.25) is 19.3 Å². The summed E-state index contributed by atoms with van der Waals surface area (Å²) in [6, 6.07) is 0. The minimum atomic E-state index is -0.501. The lowest BCUT2D eigenvalue weighted by molar-refractivity contribution is -0.126. The summed E-state index contributed by atoms with van der Waals surface area (Å²) in [5.74, 6) is -0.410. The third-order valence-corrected chi connectivity index (χ3v) is 5.59. The molecule has 0 aromatic rings. The van der Waals surface area contributed by atoms with E-state index in [0.29, 0.717) is 45.6 Å². The Bertz CT molecular complexity index is 741. The molecule has 0 aliphatic carbocycles. The zero-order chi connectivity index (χ0) is 25.5. The van der Waals surface area contributed by atoms with Gasteiger partial charge in [0.2, 0.25) is 11.8 Å². The average Bonchev–Trinajstić information content (AvgIpc) is 3.36. The summed E-state index contributed by atoms with van der Waals surface area (Å²) in [6.45, 7) is 13.5. The van der Waals surface area contributed by atoms with Crippen LogP contribution < -0.4 is 11.0 Å². The number of hydroxylamine groups is 2. The molecule has 194 valence electrons. The van der Waals surface area contributed by atoms with Crippen molar-refractivity contribution in [2.75, 3.05) is 32.8 Å². The van der Waals surface area contributed by atoms with Gasteiger partial charge in [-0.15, -0.1) is 0 Å². The zero-order valence-electron chi connectivity index (χ0n) is 20.9. The number of piperidine rings is 2. The number of nitrogens with zero attached hydrogens (tertiary/aromatic N) is 2. The summed E-state index contributed by atoms with van der Waals surface area (Å²) in [5, 5.41) is 0. The van der Waals surface area contributed by atoms with E-state index in [9.17, 15) is 19.2 Å². The summed E-state index contributed by atoms with van der Waals surface area (Å²) >= 11 is 0. The standard InChI is InChI=1S/C11H18N2O4.C9H14N2O4.C2H6/c1-11(2,3)16-10(15)13-5-4-7-8(6-13)17-12-9(7)14;1-2-14-9(13)11-4-3-6-7(5-11)15-10-8(6)12;1-2/h7-8H,4-6H2,1-3H3,(H,12,14);6-7H,2-5H2,1H3,(H,10,12);1-2H3. The third kappa shape index (κ3) is 7.20. The van der Waals surface area contributed by atoms with Crippen LogP contribution in [0.15, 0.2) is 0 Å². The number of rotatable bonds is 1. The summed E-state index contributed by atoms with van der Waals surface area (Å²) in [7, 11) is 0. The van der Waals surface area contributed by atoms with Crippen molar-refractivity contribution in [1.29, 1.82) is 0 Å². The van der Waals surface area contributed by atoms with Crippen molar-refractivity contribution in [3.05, 3.63) is 0 Å². The van der Waals surface area contributed by atoms with E-state index in [2.05, 4.69) is 11.0 Å². The highest BCUT2D eigenvalue weighted by molar-refractivity contribution is 5.81. The van der Waals surface area contributed by atoms with Gasteiger partial charge in [0.25, 0.3) is 0 Å². The molecule has 4 amide bonds. The van der Waals surface area contributed by atoms with Gasteiger partial charge >= 0.3 is 12.2 Å². The molecule has 4 aliphatic heterocycles. The van der Waals surface area contributed by atoms with Gasteiger partial charge in [-0.2, -0.15) is 0 Å². The number of amides is 4. The summed E-state index contributed by atoms with van der Waals surface area (Å²) < 4.78 is 10.2. The smallest absolute Gasteiger partial charge is 0.410 e. The first-order valence-corrected chi connectivity index (χ1v) is 11.9. The molecule has 4 atom stereocenters. The molecule has 0 saturated carbocycles. The number of hydrogen-bond acceptors (Lipinski definition) is 8. The van der Waals surface area contributed by atoms with Gasteiger partial charge in [-0.1, -0.05) is 13.8 Å². The van der Waals surface area contributed by atoms with Gasteiger partial charge in [0.15, 0.2) is 0 Å². The molecule has 12 heteroatoms. The molecular formula is C22H38N4O8. The van der Waals surface area contributed by atoms with Crippen LogP contribution in [0.4, 0.5) is 9.59 Å². The number of likely N-dealkylation sites (tertiary alicyclic amines) is 2. The van der Waals surface area contributed by atoms with Crippen molar-refractivity contribution in [1.82, 2.24) is 20.8 Å². The molecule has 0 spiro atoms. The highest BCUT2D eigenvalue weighted by Gasteiger charge is 2.43. The fourth-order valence-corrected chi connectivity index (χ4v) is 3.96. The van der Waals surface area contributed by atoms with E-state index >= 15 is 0 Å². The lowest BCUT2D eigenvalue weighted by Crippen LogP contribution is -2.48. The monoisotopic (exact) mass is 486 g/mol. The number of fused-ring (bicyclic) bond motifs is 2. The van der Waals surface area contributed by atoms with Crippen LogP contribution in [0.2, 0.25) is 0 Å². The van der Waals surface area contributed by atoms with Gasteiger partial charge in [-0.25, -0.2) is 20.5 Å². The lowest BCUT2D eigenvalue weighted by Gasteiger charge is -2.33. The Morgan fingerprint density at radius 3 is 1.76 bits per heavy atom. The average molecular weight is 487 g/mol. The van der Waals surface area contributed by atoms with E-state index in [1.54, 1.807) is 16.7 Å². The number of carbonyl (C=O) groups excluding carboxylic acids is 4. The second kappa shape index (κ2) is 12.2. The van der Waals surface area contributed by atoms with Crippen LogP contribution in [0, 0.1) is 11.8 Å². The molecule has 4 aliphatic rings. The van der Waals surface area contributed by atoms with Crippen LogP contribution in [-0.4, -0.2) is 84.4 Å². The highest BCUT2D eigenvalue weighted by Crippen LogP contribution is 2.26. The molecular weight excluding hydrogens is 448 g/mol. The molecule has 34 heavy (non-hydrogen) atoms. The van der Waals surface area contributed by atoms with Gasteiger partial charge in [0, 0.05) is 13.1 Å². The second-order valence-electron chi connectivity index (χ2n) is 9.11. The molecule has 4 heterocycles. The van der Waals surface area contributed by atoms with E-state index < -0.39 is 5.60 Å². The first-order chi connectivity index (χ1) is 16.1. The highest BCUT2D eigenvalue weighted by atomic mass is 16.7. The van der Waals surface area contributed by atoms with Gasteiger partial charge in [0.05, 0.1) is 31.5 Å². The maximum atomic E-state index is 11.8. The number of hydrogen-bond donors (Lipinski definition) is 2. The Labute approximate surface area is 200 Å². The predicted octanol–water partition coefficient (Wildman–Crippen LogP) is 1.59. The first kappa shape index (κ1) is 27.6. The Morgan fingerprint density at radius 1 is 0.912 bits per heavy atom. The van der Waals surface area contributed by atoms with Crippen molar-refractivity contribution in [3.8, 4) is 0 Å². The number of ether oxygens (including phenoxy) is 2. The summed E-state index contributed by atoms with van der Waals surface area (Å²) in [4.78, 5) is 59.2. The molecule has 4 fully saturated rings. The topological polar surface area (TPSA) is 136 Å². The maximum Gasteiger partial charge on any atom is 0.410 e. The summed E-state index contributed by atoms with van der Waals surface area (Å²) in [5.41, 5.74) is 4.19. The van der Waals surface area contributed by atoms with Crippen LogP contribution in [0.3, 0.4) is 0 Å². The van der Waals surface area contributed by atoms with E-state index in [1.807, 2.05) is 34.6 Å². The number of nitrogens with one attached hydrogen (secondary N) is 2. The van der Waals surface area contributed by atoms with Crippen LogP contribution in [-0.2, 0) is 28.7 Å². The maximum absolute atomic E-state index is 11.8. The quantitative estimate of drug-likeness (QED) is 0.570. The molecule has 12 nitrogen and oxygen atoms in total. The molecule has 4 unspecified atom stereocenters. The van der Waals surface area contributed by atoms with Crippen molar-refractivity contribution < 1.29 is 38.3 Å². The van der Waals surface area contributed by atoms with Crippen molar-refractivity contribution >= 4 is 24.0 Å². The molecule has 0 aromatic heterocycles. The van der Waals surface area contributed by atoms with Crippen molar-refractivity contribution in [3.63, 3.8) is 0 Å². The fraction of sp³-hybridized carbons (Fsp3) is 0.818. The van der Waals surface area contributed by atoms with Gasteiger partial charge in [0.1, 0.15) is 17.8 Å². The van der Waals surface area contributed by atoms with E-state index in [4.69, 9.17) is 19.1 Å². The van der Waals surface area contributed by atoms with Crippen LogP contribution in [0.5, 0.6) is 0 Å². The van der Waals surface area contributed by atoms with E-state index in [-0.39, 0.29) is 48.0 Å². The van der Waals surface area contributed by atoms with Crippen molar-refractivity contribution in [2.24, 2.45) is 11.8 Å². The van der Waals surface area contributed by atoms with Crippen LogP contribution in [0.25, 0.3) is 0 Å². The molecule has 4 saturated heterocycles. The molecule has 0 aromatic carbocycles. The van der Waals surface area contributed by atoms with Gasteiger partial charge < -0.3 is 19.3 Å². The Morgan fingerprint density at radius 2 is 1.35 bits per heavy atom. The normalized spacial score (nSPS) is 27.6. The van der Waals surface area contributed by atoms with Crippen LogP contribution >= 0.6 is 0 Å². The lowest BCUT2D eigenvalue weighted by atomic mass is 9.94. The minimum absolute atomic E-state index is 0.0801. The van der Waals surface area contributed by atoms with Crippen molar-refractivity contribution in [2.45, 2.75) is 72.2 Å². The molecule has 4 rings (SSSR count). The predicted molar refractivity (Wildman–Crippen MR) is 120 cm³/mol. The zero-order valence-corrected chi connectivity index (χ0v) is 20.9. The Hall–Kier alpha value is -2.60. The second-order valence-corrected chi connectivity index (χ2v) is 9.11. The SMILES string of the molecule is CC.CC(C)(C)OC(=O)N1CCC2C(=O)NOC2C1.CCOC(=O)N1CCC2C(=O)NOC2C1. The molecule has 0 radical (unpaired) electrons. The van der Waals surface area contributed by atoms with E-state index in [0.717, 1.165) is 0 Å². The molecule has 0 bridgehead atoms. The minimum Gasteiger partial charge on any atom is -0.450 e. The Balaban J connectivity index is 0.000000225. The third-order valence-electron chi connectivity index (χ3n) is 5.59. The Kier molecular flexibility index (Phi) is 9.92. The molecule has 2 N–H and O–H groups in total. The van der Waals surface area contributed by atoms with E-state index in [1.165, 1.54) is 0 Å².